The molecular weight excluding hydrogens is 286 g/mol. The topological polar surface area (TPSA) is 57.6 Å². The molecule has 116 valence electrons. The molecule has 0 aromatic carbocycles. The van der Waals surface area contributed by atoms with Gasteiger partial charge in [0.25, 0.3) is 5.91 Å². The Morgan fingerprint density at radius 1 is 1.48 bits per heavy atom. The van der Waals surface area contributed by atoms with E-state index in [2.05, 4.69) is 13.8 Å². The fraction of sp³-hybridized carbons (Fsp3) is 0.625. The standard InChI is InChI=1S/C16H23NO3S/c1-3-13-9-14(21-11(13)2)16(20)17-8-4-5-12(10-17)6-7-15(18)19/h9,12H,3-8,10H2,1-2H3,(H,18,19). The SMILES string of the molecule is CCc1cc(C(=O)N2CCCC(CCC(=O)O)C2)sc1C. The zero-order chi connectivity index (χ0) is 15.4. The number of amides is 1. The predicted molar refractivity (Wildman–Crippen MR) is 83.9 cm³/mol. The van der Waals surface area contributed by atoms with Crippen molar-refractivity contribution in [2.75, 3.05) is 13.1 Å². The Kier molecular flexibility index (Phi) is 5.39. The molecule has 1 atom stereocenters. The van der Waals surface area contributed by atoms with Crippen LogP contribution in [0.15, 0.2) is 6.07 Å². The van der Waals surface area contributed by atoms with E-state index in [9.17, 15) is 9.59 Å². The largest absolute Gasteiger partial charge is 0.481 e. The number of nitrogens with zero attached hydrogens (tertiary/aromatic N) is 1. The molecule has 1 amide bonds. The number of likely N-dealkylation sites (tertiary alicyclic amines) is 1. The highest BCUT2D eigenvalue weighted by Crippen LogP contribution is 2.27. The number of rotatable bonds is 5. The molecule has 1 aliphatic heterocycles. The van der Waals surface area contributed by atoms with Gasteiger partial charge in [-0.25, -0.2) is 0 Å². The zero-order valence-electron chi connectivity index (χ0n) is 12.7. The van der Waals surface area contributed by atoms with Crippen molar-refractivity contribution in [3.05, 3.63) is 21.4 Å². The number of piperidine rings is 1. The molecule has 1 aromatic heterocycles. The van der Waals surface area contributed by atoms with Crippen LogP contribution in [0.3, 0.4) is 0 Å². The van der Waals surface area contributed by atoms with E-state index in [1.165, 1.54) is 10.4 Å². The molecule has 1 aromatic rings. The van der Waals surface area contributed by atoms with Gasteiger partial charge < -0.3 is 10.0 Å². The van der Waals surface area contributed by atoms with Gasteiger partial charge in [-0.3, -0.25) is 9.59 Å². The zero-order valence-corrected chi connectivity index (χ0v) is 13.5. The van der Waals surface area contributed by atoms with E-state index in [0.717, 1.165) is 30.7 Å². The molecule has 1 aliphatic rings. The summed E-state index contributed by atoms with van der Waals surface area (Å²) < 4.78 is 0. The average molecular weight is 309 g/mol. The highest BCUT2D eigenvalue weighted by Gasteiger charge is 2.26. The lowest BCUT2D eigenvalue weighted by Crippen LogP contribution is -2.39. The number of hydrogen-bond donors (Lipinski definition) is 1. The monoisotopic (exact) mass is 309 g/mol. The summed E-state index contributed by atoms with van der Waals surface area (Å²) in [6.07, 6.45) is 3.83. The summed E-state index contributed by atoms with van der Waals surface area (Å²) in [6.45, 7) is 5.66. The van der Waals surface area contributed by atoms with Gasteiger partial charge in [-0.15, -0.1) is 11.3 Å². The van der Waals surface area contributed by atoms with Crippen LogP contribution in [-0.2, 0) is 11.2 Å². The Bertz CT molecular complexity index is 524. The minimum absolute atomic E-state index is 0.114. The van der Waals surface area contributed by atoms with Crippen molar-refractivity contribution >= 4 is 23.2 Å². The molecule has 0 saturated carbocycles. The van der Waals surface area contributed by atoms with Crippen molar-refractivity contribution in [2.24, 2.45) is 5.92 Å². The van der Waals surface area contributed by atoms with E-state index in [1.807, 2.05) is 11.0 Å². The van der Waals surface area contributed by atoms with E-state index in [4.69, 9.17) is 5.11 Å². The quantitative estimate of drug-likeness (QED) is 0.907. The molecule has 2 rings (SSSR count). The fourth-order valence-electron chi connectivity index (χ4n) is 2.94. The molecule has 21 heavy (non-hydrogen) atoms. The van der Waals surface area contributed by atoms with E-state index in [0.29, 0.717) is 18.9 Å². The maximum absolute atomic E-state index is 12.6. The van der Waals surface area contributed by atoms with Crippen LogP contribution >= 0.6 is 11.3 Å². The lowest BCUT2D eigenvalue weighted by Gasteiger charge is -2.32. The molecule has 2 heterocycles. The van der Waals surface area contributed by atoms with Gasteiger partial charge in [0.05, 0.1) is 4.88 Å². The first-order valence-corrected chi connectivity index (χ1v) is 8.43. The number of hydrogen-bond acceptors (Lipinski definition) is 3. The second-order valence-corrected chi connectivity index (χ2v) is 6.99. The van der Waals surface area contributed by atoms with Crippen molar-refractivity contribution in [1.29, 1.82) is 0 Å². The maximum atomic E-state index is 12.6. The van der Waals surface area contributed by atoms with Crippen molar-refractivity contribution in [2.45, 2.75) is 46.0 Å². The third kappa shape index (κ3) is 4.06. The van der Waals surface area contributed by atoms with Gasteiger partial charge >= 0.3 is 5.97 Å². The normalized spacial score (nSPS) is 18.8. The molecule has 0 aliphatic carbocycles. The van der Waals surface area contributed by atoms with Crippen molar-refractivity contribution in [1.82, 2.24) is 4.90 Å². The number of aryl methyl sites for hydroxylation is 2. The van der Waals surface area contributed by atoms with Gasteiger partial charge in [0.2, 0.25) is 0 Å². The lowest BCUT2D eigenvalue weighted by molar-refractivity contribution is -0.137. The average Bonchev–Trinajstić information content (AvgIpc) is 2.85. The van der Waals surface area contributed by atoms with Gasteiger partial charge in [0.15, 0.2) is 0 Å². The number of carbonyl (C=O) groups is 2. The van der Waals surface area contributed by atoms with Crippen LogP contribution in [0.1, 0.15) is 52.7 Å². The second kappa shape index (κ2) is 7.07. The number of aliphatic carboxylic acids is 1. The summed E-state index contributed by atoms with van der Waals surface area (Å²) in [4.78, 5) is 27.2. The molecule has 0 bridgehead atoms. The van der Waals surface area contributed by atoms with Crippen molar-refractivity contribution < 1.29 is 14.7 Å². The molecular formula is C16H23NO3S. The third-order valence-corrected chi connectivity index (χ3v) is 5.27. The van der Waals surface area contributed by atoms with E-state index in [1.54, 1.807) is 11.3 Å². The summed E-state index contributed by atoms with van der Waals surface area (Å²) in [5, 5.41) is 8.78. The van der Waals surface area contributed by atoms with Crippen LogP contribution in [-0.4, -0.2) is 35.0 Å². The van der Waals surface area contributed by atoms with Crippen molar-refractivity contribution in [3.63, 3.8) is 0 Å². The summed E-state index contributed by atoms with van der Waals surface area (Å²) >= 11 is 1.57. The van der Waals surface area contributed by atoms with Gasteiger partial charge in [-0.2, -0.15) is 0 Å². The summed E-state index contributed by atoms with van der Waals surface area (Å²) in [7, 11) is 0. The van der Waals surface area contributed by atoms with Gasteiger partial charge in [0.1, 0.15) is 0 Å². The lowest BCUT2D eigenvalue weighted by atomic mass is 9.93. The van der Waals surface area contributed by atoms with Crippen molar-refractivity contribution in [3.8, 4) is 0 Å². The maximum Gasteiger partial charge on any atom is 0.303 e. The van der Waals surface area contributed by atoms with Gasteiger partial charge in [0, 0.05) is 24.4 Å². The van der Waals surface area contributed by atoms with Gasteiger partial charge in [-0.05, 0) is 50.2 Å². The van der Waals surface area contributed by atoms with E-state index < -0.39 is 5.97 Å². The van der Waals surface area contributed by atoms with E-state index in [-0.39, 0.29) is 12.3 Å². The molecule has 5 heteroatoms. The summed E-state index contributed by atoms with van der Waals surface area (Å²) in [5.41, 5.74) is 1.25. The number of thiophene rings is 1. The first-order valence-electron chi connectivity index (χ1n) is 7.61. The molecule has 0 spiro atoms. The minimum atomic E-state index is -0.750. The highest BCUT2D eigenvalue weighted by atomic mass is 32.1. The van der Waals surface area contributed by atoms with Crippen LogP contribution in [0.5, 0.6) is 0 Å². The van der Waals surface area contributed by atoms with Crippen LogP contribution in [0, 0.1) is 12.8 Å². The Labute approximate surface area is 129 Å². The molecule has 1 fully saturated rings. The Balaban J connectivity index is 1.99. The molecule has 0 radical (unpaired) electrons. The predicted octanol–water partition coefficient (Wildman–Crippen LogP) is 3.34. The molecule has 4 nitrogen and oxygen atoms in total. The van der Waals surface area contributed by atoms with E-state index >= 15 is 0 Å². The number of carboxylic acid groups (broad SMARTS) is 1. The molecule has 1 saturated heterocycles. The van der Waals surface area contributed by atoms with Crippen LogP contribution < -0.4 is 0 Å². The Hall–Kier alpha value is -1.36. The highest BCUT2D eigenvalue weighted by molar-refractivity contribution is 7.14. The third-order valence-electron chi connectivity index (χ3n) is 4.18. The number of carbonyl (C=O) groups excluding carboxylic acids is 1. The molecule has 1 unspecified atom stereocenters. The summed E-state index contributed by atoms with van der Waals surface area (Å²) in [5.74, 6) is -0.312. The Morgan fingerprint density at radius 3 is 2.86 bits per heavy atom. The Morgan fingerprint density at radius 2 is 2.24 bits per heavy atom. The van der Waals surface area contributed by atoms with Crippen LogP contribution in [0.25, 0.3) is 0 Å². The summed E-state index contributed by atoms with van der Waals surface area (Å²) in [6, 6.07) is 2.02. The smallest absolute Gasteiger partial charge is 0.303 e. The minimum Gasteiger partial charge on any atom is -0.481 e. The van der Waals surface area contributed by atoms with Crippen LogP contribution in [0.2, 0.25) is 0 Å². The number of carboxylic acids is 1. The first kappa shape index (κ1) is 16.0. The van der Waals surface area contributed by atoms with Gasteiger partial charge in [-0.1, -0.05) is 6.92 Å². The fourth-order valence-corrected chi connectivity index (χ4v) is 4.03. The second-order valence-electron chi connectivity index (χ2n) is 5.74. The van der Waals surface area contributed by atoms with Crippen LogP contribution in [0.4, 0.5) is 0 Å². The molecule has 1 N–H and O–H groups in total. The first-order chi connectivity index (χ1) is 10.0.